The maximum absolute atomic E-state index is 11.8. The van der Waals surface area contributed by atoms with Crippen LogP contribution in [-0.2, 0) is 10.8 Å². The van der Waals surface area contributed by atoms with E-state index in [4.69, 9.17) is 9.97 Å². The molecule has 2 heterocycles. The number of phenols is 1. The molecule has 0 radical (unpaired) electrons. The summed E-state index contributed by atoms with van der Waals surface area (Å²) in [4.78, 5) is 10.3. The van der Waals surface area contributed by atoms with Gasteiger partial charge in [-0.25, -0.2) is 4.98 Å². The van der Waals surface area contributed by atoms with Crippen LogP contribution < -0.4 is 10.4 Å². The van der Waals surface area contributed by atoms with Gasteiger partial charge < -0.3 is 5.11 Å². The van der Waals surface area contributed by atoms with Crippen LogP contribution in [0.3, 0.4) is 0 Å². The Balaban J connectivity index is 1.81. The van der Waals surface area contributed by atoms with Crippen LogP contribution in [0.25, 0.3) is 43.2 Å². The standard InChI is InChI=1S/C41H54N2OSSi2/c1-25(2)26-17-27(19-28(18-26)35-23-30(15-16-42-35)46(9,10)11)32-22-31(47(12,13)14)24-36-37(32)43-39(45-36)33-20-29(40(3,4)5)21-34(38(33)44)41(6,7)8/h15-25,44H,1-14H3. The zero-order valence-corrected chi connectivity index (χ0v) is 33.9. The number of hydrogen-bond acceptors (Lipinski definition) is 4. The van der Waals surface area contributed by atoms with Gasteiger partial charge in [0.25, 0.3) is 0 Å². The fraction of sp³-hybridized carbons (Fsp3) is 0.415. The molecule has 0 aliphatic heterocycles. The molecule has 47 heavy (non-hydrogen) atoms. The van der Waals surface area contributed by atoms with Crippen molar-refractivity contribution >= 4 is 48.1 Å². The van der Waals surface area contributed by atoms with Crippen molar-refractivity contribution in [3.8, 4) is 38.7 Å². The van der Waals surface area contributed by atoms with E-state index in [-0.39, 0.29) is 10.8 Å². The molecule has 1 N–H and O–H groups in total. The Hall–Kier alpha value is -3.07. The second kappa shape index (κ2) is 12.1. The number of benzene rings is 3. The first-order valence-electron chi connectivity index (χ1n) is 17.0. The van der Waals surface area contributed by atoms with Crippen molar-refractivity contribution in [1.82, 2.24) is 9.97 Å². The lowest BCUT2D eigenvalue weighted by Crippen LogP contribution is -2.37. The van der Waals surface area contributed by atoms with Crippen molar-refractivity contribution in [1.29, 1.82) is 0 Å². The number of rotatable bonds is 6. The van der Waals surface area contributed by atoms with Gasteiger partial charge in [-0.1, -0.05) is 123 Å². The minimum atomic E-state index is -1.68. The first kappa shape index (κ1) is 35.2. The SMILES string of the molecule is CC(C)c1cc(-c2cc([Si](C)(C)C)ccn2)cc(-c2cc([Si](C)(C)C)cc3sc(-c4cc(C(C)(C)C)cc(C(C)(C)C)c4O)nc23)c1. The van der Waals surface area contributed by atoms with Crippen LogP contribution in [0, 0.1) is 0 Å². The molecule has 0 aliphatic rings. The van der Waals surface area contributed by atoms with E-state index in [1.165, 1.54) is 31.8 Å². The number of hydrogen-bond donors (Lipinski definition) is 1. The lowest BCUT2D eigenvalue weighted by atomic mass is 9.79. The summed E-state index contributed by atoms with van der Waals surface area (Å²) in [5.74, 6) is 0.706. The Kier molecular flexibility index (Phi) is 9.09. The third-order valence-corrected chi connectivity index (χ3v) is 14.3. The van der Waals surface area contributed by atoms with E-state index >= 15 is 0 Å². The second-order valence-corrected chi connectivity index (χ2v) is 28.9. The molecule has 2 aromatic heterocycles. The normalized spacial score (nSPS) is 13.2. The van der Waals surface area contributed by atoms with Crippen LogP contribution in [0.1, 0.15) is 78.0 Å². The Morgan fingerprint density at radius 2 is 1.34 bits per heavy atom. The highest BCUT2D eigenvalue weighted by atomic mass is 32.1. The topological polar surface area (TPSA) is 46.0 Å². The highest BCUT2D eigenvalue weighted by Gasteiger charge is 2.28. The van der Waals surface area contributed by atoms with Gasteiger partial charge in [-0.05, 0) is 69.8 Å². The van der Waals surface area contributed by atoms with Crippen LogP contribution >= 0.6 is 11.3 Å². The second-order valence-electron chi connectivity index (χ2n) is 17.7. The van der Waals surface area contributed by atoms with Gasteiger partial charge in [0.15, 0.2) is 0 Å². The molecule has 3 nitrogen and oxygen atoms in total. The smallest absolute Gasteiger partial charge is 0.129 e. The van der Waals surface area contributed by atoms with Crippen LogP contribution in [0.4, 0.5) is 0 Å². The zero-order chi connectivity index (χ0) is 34.9. The molecule has 5 rings (SSSR count). The van der Waals surface area contributed by atoms with E-state index in [1.807, 2.05) is 6.20 Å². The lowest BCUT2D eigenvalue weighted by molar-refractivity contribution is 0.446. The summed E-state index contributed by atoms with van der Waals surface area (Å²) in [6.45, 7) is 32.2. The fourth-order valence-corrected chi connectivity index (χ4v) is 9.40. The molecule has 0 spiro atoms. The van der Waals surface area contributed by atoms with Crippen molar-refractivity contribution in [2.45, 2.75) is 111 Å². The Morgan fingerprint density at radius 1 is 0.702 bits per heavy atom. The number of aromatic nitrogens is 2. The van der Waals surface area contributed by atoms with Crippen LogP contribution in [-0.4, -0.2) is 31.2 Å². The van der Waals surface area contributed by atoms with Gasteiger partial charge in [0, 0.05) is 22.9 Å². The Morgan fingerprint density at radius 3 is 1.91 bits per heavy atom. The summed E-state index contributed by atoms with van der Waals surface area (Å²) in [7, 11) is -3.19. The zero-order valence-electron chi connectivity index (χ0n) is 31.1. The molecule has 0 saturated carbocycles. The predicted molar refractivity (Wildman–Crippen MR) is 213 cm³/mol. The molecule has 0 fully saturated rings. The first-order chi connectivity index (χ1) is 21.5. The molecule has 3 aromatic carbocycles. The van der Waals surface area contributed by atoms with Crippen LogP contribution in [0.5, 0.6) is 5.75 Å². The number of thiazole rings is 1. The van der Waals surface area contributed by atoms with Gasteiger partial charge in [0.1, 0.15) is 10.8 Å². The van der Waals surface area contributed by atoms with E-state index in [9.17, 15) is 5.11 Å². The van der Waals surface area contributed by atoms with Crippen molar-refractivity contribution < 1.29 is 5.11 Å². The molecule has 5 aromatic rings. The molecular formula is C41H54N2OSSi2. The minimum Gasteiger partial charge on any atom is -0.507 e. The van der Waals surface area contributed by atoms with Crippen LogP contribution in [0.15, 0.2) is 60.8 Å². The fourth-order valence-electron chi connectivity index (χ4n) is 5.94. The van der Waals surface area contributed by atoms with Crippen molar-refractivity contribution in [2.75, 3.05) is 0 Å². The van der Waals surface area contributed by atoms with Gasteiger partial charge in [0.2, 0.25) is 0 Å². The number of fused-ring (bicyclic) bond motifs is 1. The number of aromatic hydroxyl groups is 1. The van der Waals surface area contributed by atoms with Gasteiger partial charge in [0.05, 0.1) is 37.6 Å². The van der Waals surface area contributed by atoms with E-state index in [1.54, 1.807) is 11.3 Å². The molecule has 0 bridgehead atoms. The molecule has 0 amide bonds. The molecule has 0 aliphatic carbocycles. The molecule has 6 heteroatoms. The van der Waals surface area contributed by atoms with Gasteiger partial charge in [-0.3, -0.25) is 4.98 Å². The van der Waals surface area contributed by atoms with Crippen molar-refractivity contribution in [3.05, 3.63) is 77.5 Å². The monoisotopic (exact) mass is 678 g/mol. The molecule has 0 unspecified atom stereocenters. The highest BCUT2D eigenvalue weighted by Crippen LogP contribution is 2.45. The summed E-state index contributed by atoms with van der Waals surface area (Å²) in [6.07, 6.45) is 1.98. The third-order valence-electron chi connectivity index (χ3n) is 9.23. The van der Waals surface area contributed by atoms with Crippen LogP contribution in [0.2, 0.25) is 39.3 Å². The predicted octanol–water partition coefficient (Wildman–Crippen LogP) is 11.2. The van der Waals surface area contributed by atoms with Crippen molar-refractivity contribution in [3.63, 3.8) is 0 Å². The summed E-state index contributed by atoms with van der Waals surface area (Å²) >= 11 is 1.70. The number of pyridine rings is 1. The van der Waals surface area contributed by atoms with E-state index in [2.05, 4.69) is 149 Å². The Bertz CT molecular complexity index is 1960. The highest BCUT2D eigenvalue weighted by molar-refractivity contribution is 7.22. The van der Waals surface area contributed by atoms with E-state index in [0.29, 0.717) is 11.7 Å². The van der Waals surface area contributed by atoms with Gasteiger partial charge in [-0.15, -0.1) is 11.3 Å². The van der Waals surface area contributed by atoms with Crippen molar-refractivity contribution in [2.24, 2.45) is 0 Å². The number of nitrogens with zero attached hydrogens (tertiary/aromatic N) is 2. The summed E-state index contributed by atoms with van der Waals surface area (Å²) in [6, 6.07) is 20.6. The first-order valence-corrected chi connectivity index (χ1v) is 24.8. The minimum absolute atomic E-state index is 0.0657. The summed E-state index contributed by atoms with van der Waals surface area (Å²) < 4.78 is 1.17. The quantitative estimate of drug-likeness (QED) is 0.182. The summed E-state index contributed by atoms with van der Waals surface area (Å²) in [5, 5.41) is 15.5. The average Bonchev–Trinajstić information content (AvgIpc) is 3.38. The summed E-state index contributed by atoms with van der Waals surface area (Å²) in [5.41, 5.74) is 9.54. The van der Waals surface area contributed by atoms with E-state index in [0.717, 1.165) is 38.5 Å². The molecule has 0 atom stereocenters. The lowest BCUT2D eigenvalue weighted by Gasteiger charge is -2.27. The molecule has 248 valence electrons. The maximum Gasteiger partial charge on any atom is 0.129 e. The largest absolute Gasteiger partial charge is 0.507 e. The molecular weight excluding hydrogens is 625 g/mol. The maximum atomic E-state index is 11.8. The third kappa shape index (κ3) is 7.35. The number of phenolic OH excluding ortho intramolecular Hbond substituents is 1. The van der Waals surface area contributed by atoms with Gasteiger partial charge in [-0.2, -0.15) is 0 Å². The Labute approximate surface area is 289 Å². The molecule has 0 saturated heterocycles. The average molecular weight is 679 g/mol. The van der Waals surface area contributed by atoms with Gasteiger partial charge >= 0.3 is 0 Å². The van der Waals surface area contributed by atoms with E-state index < -0.39 is 16.1 Å².